The van der Waals surface area contributed by atoms with Gasteiger partial charge < -0.3 is 4.74 Å². The summed E-state index contributed by atoms with van der Waals surface area (Å²) in [5.41, 5.74) is 2.82. The van der Waals surface area contributed by atoms with Crippen LogP contribution >= 0.6 is 0 Å². The second-order valence-electron chi connectivity index (χ2n) is 4.62. The van der Waals surface area contributed by atoms with Crippen LogP contribution in [-0.4, -0.2) is 6.09 Å². The normalized spacial score (nSPS) is 10.5. The van der Waals surface area contributed by atoms with E-state index in [0.29, 0.717) is 0 Å². The third-order valence-corrected chi connectivity index (χ3v) is 3.04. The highest BCUT2D eigenvalue weighted by atomic mass is 16.5. The fourth-order valence-corrected chi connectivity index (χ4v) is 1.93. The minimum atomic E-state index is -0.438. The fraction of sp³-hybridized carbons (Fsp3) is 0.167. The van der Waals surface area contributed by atoms with Crippen LogP contribution in [0.25, 0.3) is 0 Å². The molecule has 3 nitrogen and oxygen atoms in total. The lowest BCUT2D eigenvalue weighted by atomic mass is 10.1. The number of hydrogen-bond donors (Lipinski definition) is 1. The highest BCUT2D eigenvalue weighted by molar-refractivity contribution is 5.85. The van der Waals surface area contributed by atoms with Gasteiger partial charge in [-0.15, -0.1) is 0 Å². The molecule has 2 aromatic carbocycles. The molecule has 0 saturated heterocycles. The van der Waals surface area contributed by atoms with Gasteiger partial charge in [0.2, 0.25) is 0 Å². The molecule has 0 bridgehead atoms. The summed E-state index contributed by atoms with van der Waals surface area (Å²) in [5.74, 6) is 0. The van der Waals surface area contributed by atoms with E-state index in [9.17, 15) is 4.79 Å². The van der Waals surface area contributed by atoms with Crippen LogP contribution in [0.1, 0.15) is 18.1 Å². The summed E-state index contributed by atoms with van der Waals surface area (Å²) < 4.78 is 5.22. The van der Waals surface area contributed by atoms with Crippen LogP contribution in [0.5, 0.6) is 0 Å². The Morgan fingerprint density at radius 1 is 1.10 bits per heavy atom. The molecule has 2 aromatic rings. The molecule has 108 valence electrons. The minimum absolute atomic E-state index is 0.268. The van der Waals surface area contributed by atoms with E-state index in [-0.39, 0.29) is 6.61 Å². The second kappa shape index (κ2) is 7.90. The van der Waals surface area contributed by atoms with Crippen LogP contribution in [0.2, 0.25) is 0 Å². The largest absolute Gasteiger partial charge is 0.444 e. The molecule has 0 aliphatic rings. The maximum absolute atomic E-state index is 11.9. The molecule has 0 heterocycles. The topological polar surface area (TPSA) is 38.3 Å². The number of para-hydroxylation sites is 1. The summed E-state index contributed by atoms with van der Waals surface area (Å²) in [6, 6.07) is 17.3. The number of anilines is 1. The van der Waals surface area contributed by atoms with Gasteiger partial charge in [-0.2, -0.15) is 0 Å². The number of carbonyl (C=O) groups is 1. The zero-order chi connectivity index (χ0) is 14.9. The van der Waals surface area contributed by atoms with Crippen molar-refractivity contribution in [1.82, 2.24) is 0 Å². The van der Waals surface area contributed by atoms with Crippen molar-refractivity contribution in [2.24, 2.45) is 0 Å². The lowest BCUT2D eigenvalue weighted by Crippen LogP contribution is -2.14. The first-order valence-electron chi connectivity index (χ1n) is 6.96. The van der Waals surface area contributed by atoms with E-state index in [1.165, 1.54) is 0 Å². The third-order valence-electron chi connectivity index (χ3n) is 3.04. The molecule has 0 unspecified atom stereocenters. The number of amides is 1. The van der Waals surface area contributed by atoms with Crippen LogP contribution in [0.3, 0.4) is 0 Å². The van der Waals surface area contributed by atoms with Crippen LogP contribution in [0, 0.1) is 0 Å². The van der Waals surface area contributed by atoms with Crippen molar-refractivity contribution >= 4 is 11.8 Å². The molecular formula is C18H19NO2. The lowest BCUT2D eigenvalue weighted by molar-refractivity contribution is 0.155. The van der Waals surface area contributed by atoms with E-state index in [2.05, 4.69) is 11.4 Å². The maximum atomic E-state index is 11.9. The number of nitrogens with one attached hydrogen (secondary N) is 1. The molecule has 3 heteroatoms. The van der Waals surface area contributed by atoms with Crippen molar-refractivity contribution in [3.63, 3.8) is 0 Å². The number of ether oxygens (including phenoxy) is 1. The summed E-state index contributed by atoms with van der Waals surface area (Å²) in [6.07, 6.45) is 4.39. The Balaban J connectivity index is 1.93. The summed E-state index contributed by atoms with van der Waals surface area (Å²) in [7, 11) is 0. The molecule has 0 aromatic heterocycles. The Kier molecular flexibility index (Phi) is 5.59. The Morgan fingerprint density at radius 2 is 1.81 bits per heavy atom. The number of allylic oxidation sites excluding steroid dienone is 2. The van der Waals surface area contributed by atoms with Gasteiger partial charge in [0.05, 0.1) is 0 Å². The van der Waals surface area contributed by atoms with E-state index in [1.54, 1.807) is 0 Å². The van der Waals surface area contributed by atoms with Gasteiger partial charge in [0.25, 0.3) is 0 Å². The van der Waals surface area contributed by atoms with E-state index >= 15 is 0 Å². The van der Waals surface area contributed by atoms with Crippen LogP contribution in [0.4, 0.5) is 10.5 Å². The zero-order valence-electron chi connectivity index (χ0n) is 12.1. The highest BCUT2D eigenvalue weighted by Crippen LogP contribution is 2.16. The maximum Gasteiger partial charge on any atom is 0.411 e. The molecule has 0 saturated carbocycles. The monoisotopic (exact) mass is 281 g/mol. The minimum Gasteiger partial charge on any atom is -0.444 e. The summed E-state index contributed by atoms with van der Waals surface area (Å²) in [5, 5.41) is 2.79. The lowest BCUT2D eigenvalue weighted by Gasteiger charge is -2.10. The van der Waals surface area contributed by atoms with Gasteiger partial charge in [-0.25, -0.2) is 4.79 Å². The zero-order valence-corrected chi connectivity index (χ0v) is 12.1. The van der Waals surface area contributed by atoms with E-state index in [0.717, 1.165) is 23.2 Å². The SMILES string of the molecule is CC=CCc1ccccc1NC(=O)OCc1ccccc1. The van der Waals surface area contributed by atoms with Gasteiger partial charge in [0.15, 0.2) is 0 Å². The summed E-state index contributed by atoms with van der Waals surface area (Å²) in [4.78, 5) is 11.9. The van der Waals surface area contributed by atoms with Gasteiger partial charge in [-0.05, 0) is 30.5 Å². The standard InChI is InChI=1S/C18H19NO2/c1-2-3-11-16-12-7-8-13-17(16)19-18(20)21-14-15-9-5-4-6-10-15/h2-10,12-13H,11,14H2,1H3,(H,19,20). The first-order chi connectivity index (χ1) is 10.3. The van der Waals surface area contributed by atoms with Crippen LogP contribution in [0.15, 0.2) is 66.7 Å². The first-order valence-corrected chi connectivity index (χ1v) is 6.96. The number of hydrogen-bond acceptors (Lipinski definition) is 2. The summed E-state index contributed by atoms with van der Waals surface area (Å²) in [6.45, 7) is 2.24. The summed E-state index contributed by atoms with van der Waals surface area (Å²) >= 11 is 0. The van der Waals surface area contributed by atoms with Crippen molar-refractivity contribution in [2.75, 3.05) is 5.32 Å². The highest BCUT2D eigenvalue weighted by Gasteiger charge is 2.06. The molecule has 0 spiro atoms. The van der Waals surface area contributed by atoms with Crippen LogP contribution < -0.4 is 5.32 Å². The van der Waals surface area contributed by atoms with Crippen LogP contribution in [-0.2, 0) is 17.8 Å². The van der Waals surface area contributed by atoms with Gasteiger partial charge in [-0.1, -0.05) is 60.7 Å². The van der Waals surface area contributed by atoms with Crippen molar-refractivity contribution in [1.29, 1.82) is 0 Å². The smallest absolute Gasteiger partial charge is 0.411 e. The molecule has 1 amide bonds. The predicted octanol–water partition coefficient (Wildman–Crippen LogP) is 4.55. The first kappa shape index (κ1) is 14.9. The Labute approximate surface area is 125 Å². The van der Waals surface area contributed by atoms with Crippen molar-refractivity contribution < 1.29 is 9.53 Å². The van der Waals surface area contributed by atoms with E-state index < -0.39 is 6.09 Å². The Bertz CT molecular complexity index is 606. The van der Waals surface area contributed by atoms with Crippen molar-refractivity contribution in [2.45, 2.75) is 20.0 Å². The molecule has 0 fully saturated rings. The second-order valence-corrected chi connectivity index (χ2v) is 4.62. The average molecular weight is 281 g/mol. The Morgan fingerprint density at radius 3 is 2.57 bits per heavy atom. The molecule has 1 N–H and O–H groups in total. The van der Waals surface area contributed by atoms with Gasteiger partial charge in [0, 0.05) is 5.69 Å². The fourth-order valence-electron chi connectivity index (χ4n) is 1.93. The molecule has 21 heavy (non-hydrogen) atoms. The van der Waals surface area contributed by atoms with Gasteiger partial charge in [-0.3, -0.25) is 5.32 Å². The van der Waals surface area contributed by atoms with Crippen molar-refractivity contribution in [3.05, 3.63) is 77.9 Å². The number of benzene rings is 2. The number of rotatable bonds is 5. The van der Waals surface area contributed by atoms with Gasteiger partial charge >= 0.3 is 6.09 Å². The predicted molar refractivity (Wildman–Crippen MR) is 85.2 cm³/mol. The molecule has 0 atom stereocenters. The Hall–Kier alpha value is -2.55. The quantitative estimate of drug-likeness (QED) is 0.816. The van der Waals surface area contributed by atoms with E-state index in [4.69, 9.17) is 4.74 Å². The molecular weight excluding hydrogens is 262 g/mol. The molecule has 0 aliphatic carbocycles. The average Bonchev–Trinajstić information content (AvgIpc) is 2.53. The van der Waals surface area contributed by atoms with Gasteiger partial charge in [0.1, 0.15) is 6.61 Å². The van der Waals surface area contributed by atoms with Crippen molar-refractivity contribution in [3.8, 4) is 0 Å². The third kappa shape index (κ3) is 4.80. The molecule has 0 aliphatic heterocycles. The number of carbonyl (C=O) groups excluding carboxylic acids is 1. The molecule has 0 radical (unpaired) electrons. The van der Waals surface area contributed by atoms with E-state index in [1.807, 2.05) is 67.6 Å². The molecule has 2 rings (SSSR count).